The summed E-state index contributed by atoms with van der Waals surface area (Å²) in [5, 5.41) is 11.4. The van der Waals surface area contributed by atoms with Gasteiger partial charge in [0.25, 0.3) is 5.69 Å². The van der Waals surface area contributed by atoms with Gasteiger partial charge in [0, 0.05) is 23.4 Å². The van der Waals surface area contributed by atoms with Gasteiger partial charge < -0.3 is 0 Å². The van der Waals surface area contributed by atoms with Crippen LogP contribution in [0.3, 0.4) is 0 Å². The van der Waals surface area contributed by atoms with Crippen molar-refractivity contribution in [1.29, 1.82) is 0 Å². The average molecular weight is 351 g/mol. The fourth-order valence-electron chi connectivity index (χ4n) is 1.37. The molecule has 0 amide bonds. The van der Waals surface area contributed by atoms with Crippen LogP contribution in [-0.4, -0.2) is 16.0 Å². The number of nitro groups is 1. The molecule has 0 saturated heterocycles. The molecule has 0 aliphatic rings. The summed E-state index contributed by atoms with van der Waals surface area (Å²) in [6.07, 6.45) is 0.216. The third-order valence-electron chi connectivity index (χ3n) is 2.12. The van der Waals surface area contributed by atoms with Crippen LogP contribution in [0.2, 0.25) is 0 Å². The van der Waals surface area contributed by atoms with E-state index < -0.39 is 4.92 Å². The Kier molecular flexibility index (Phi) is 5.08. The topological polar surface area (TPSA) is 60.2 Å². The Labute approximate surface area is 109 Å². The predicted molar refractivity (Wildman–Crippen MR) is 68.2 cm³/mol. The van der Waals surface area contributed by atoms with Crippen molar-refractivity contribution in [1.82, 2.24) is 0 Å². The van der Waals surface area contributed by atoms with E-state index in [1.54, 1.807) is 12.1 Å². The minimum Gasteiger partial charge on any atom is -0.298 e. The maximum Gasteiger partial charge on any atom is 0.273 e. The van der Waals surface area contributed by atoms with Crippen molar-refractivity contribution in [3.05, 3.63) is 39.4 Å². The lowest BCUT2D eigenvalue weighted by Gasteiger charge is -2.06. The highest BCUT2D eigenvalue weighted by Crippen LogP contribution is 2.25. The van der Waals surface area contributed by atoms with Gasteiger partial charge in [-0.3, -0.25) is 14.9 Å². The number of nitrogens with zero attached hydrogens (tertiary/aromatic N) is 1. The number of halogens is 2. The van der Waals surface area contributed by atoms with Crippen LogP contribution >= 0.6 is 31.9 Å². The number of benzene rings is 1. The number of Topliss-reactive ketones (excluding diaryl/α,β-unsaturated/α-hetero) is 1. The molecular weight excluding hydrogens is 342 g/mol. The van der Waals surface area contributed by atoms with E-state index in [0.717, 1.165) is 0 Å². The van der Waals surface area contributed by atoms with E-state index in [2.05, 4.69) is 31.9 Å². The standard InChI is InChI=1S/C10H9Br2NO3/c11-5-8(14)4-7-2-1-3-10(13(15)16)9(7)6-12/h1-3H,4-6H2. The maximum absolute atomic E-state index is 11.3. The Hall–Kier alpha value is -0.750. The summed E-state index contributed by atoms with van der Waals surface area (Å²) in [7, 11) is 0. The fraction of sp³-hybridized carbons (Fsp3) is 0.300. The molecule has 1 rings (SSSR count). The molecule has 1 aromatic rings. The number of carbonyl (C=O) groups excluding carboxylic acids is 1. The number of hydrogen-bond acceptors (Lipinski definition) is 3. The Bertz CT molecular complexity index is 421. The number of nitro benzene ring substituents is 1. The number of hydrogen-bond donors (Lipinski definition) is 0. The number of ketones is 1. The third kappa shape index (κ3) is 3.12. The summed E-state index contributed by atoms with van der Waals surface area (Å²) in [5.41, 5.74) is 1.33. The molecule has 0 unspecified atom stereocenters. The van der Waals surface area contributed by atoms with Gasteiger partial charge in [0.2, 0.25) is 0 Å². The van der Waals surface area contributed by atoms with Gasteiger partial charge >= 0.3 is 0 Å². The van der Waals surface area contributed by atoms with Crippen LogP contribution < -0.4 is 0 Å². The van der Waals surface area contributed by atoms with Crippen LogP contribution in [0.5, 0.6) is 0 Å². The zero-order valence-electron chi connectivity index (χ0n) is 8.28. The fourth-order valence-corrected chi connectivity index (χ4v) is 2.22. The van der Waals surface area contributed by atoms with E-state index in [-0.39, 0.29) is 23.2 Å². The first-order valence-electron chi connectivity index (χ1n) is 4.49. The normalized spacial score (nSPS) is 10.1. The van der Waals surface area contributed by atoms with Gasteiger partial charge in [-0.1, -0.05) is 44.0 Å². The lowest BCUT2D eigenvalue weighted by atomic mass is 10.0. The quantitative estimate of drug-likeness (QED) is 0.466. The summed E-state index contributed by atoms with van der Waals surface area (Å²) < 4.78 is 0. The predicted octanol–water partition coefficient (Wildman–Crippen LogP) is 3.00. The first-order valence-corrected chi connectivity index (χ1v) is 6.73. The second-order valence-electron chi connectivity index (χ2n) is 3.15. The van der Waals surface area contributed by atoms with Crippen LogP contribution in [-0.2, 0) is 16.5 Å². The molecule has 86 valence electrons. The highest BCUT2D eigenvalue weighted by atomic mass is 79.9. The monoisotopic (exact) mass is 349 g/mol. The van der Waals surface area contributed by atoms with E-state index >= 15 is 0 Å². The average Bonchev–Trinajstić information content (AvgIpc) is 2.28. The van der Waals surface area contributed by atoms with E-state index in [1.165, 1.54) is 6.07 Å². The molecule has 0 saturated carbocycles. The number of carbonyl (C=O) groups is 1. The van der Waals surface area contributed by atoms with Gasteiger partial charge in [-0.05, 0) is 5.56 Å². The highest BCUT2D eigenvalue weighted by Gasteiger charge is 2.17. The molecule has 0 radical (unpaired) electrons. The molecule has 6 heteroatoms. The van der Waals surface area contributed by atoms with Gasteiger partial charge in [-0.2, -0.15) is 0 Å². The molecule has 0 fully saturated rings. The van der Waals surface area contributed by atoms with Crippen molar-refractivity contribution in [3.8, 4) is 0 Å². The Morgan fingerprint density at radius 1 is 1.38 bits per heavy atom. The first-order chi connectivity index (χ1) is 7.60. The van der Waals surface area contributed by atoms with Gasteiger partial charge in [0.15, 0.2) is 0 Å². The zero-order valence-corrected chi connectivity index (χ0v) is 11.5. The van der Waals surface area contributed by atoms with Gasteiger partial charge in [-0.15, -0.1) is 0 Å². The van der Waals surface area contributed by atoms with Crippen molar-refractivity contribution < 1.29 is 9.72 Å². The van der Waals surface area contributed by atoms with Crippen LogP contribution in [0.15, 0.2) is 18.2 Å². The number of alkyl halides is 2. The first kappa shape index (κ1) is 13.3. The molecule has 16 heavy (non-hydrogen) atoms. The minimum absolute atomic E-state index is 0.00250. The molecular formula is C10H9Br2NO3. The summed E-state index contributed by atoms with van der Waals surface area (Å²) in [6.45, 7) is 0. The summed E-state index contributed by atoms with van der Waals surface area (Å²) in [5.74, 6) is 0.00250. The Morgan fingerprint density at radius 2 is 2.06 bits per heavy atom. The third-order valence-corrected chi connectivity index (χ3v) is 3.30. The lowest BCUT2D eigenvalue weighted by molar-refractivity contribution is -0.385. The number of rotatable bonds is 5. The molecule has 0 bridgehead atoms. The summed E-state index contributed by atoms with van der Waals surface area (Å²) in [4.78, 5) is 21.6. The van der Waals surface area contributed by atoms with Crippen molar-refractivity contribution in [2.75, 3.05) is 5.33 Å². The van der Waals surface area contributed by atoms with Gasteiger partial charge in [-0.25, -0.2) is 0 Å². The lowest BCUT2D eigenvalue weighted by Crippen LogP contribution is -2.07. The Morgan fingerprint density at radius 3 is 2.56 bits per heavy atom. The Balaban J connectivity index is 3.13. The second kappa shape index (κ2) is 6.10. The molecule has 0 aromatic heterocycles. The van der Waals surface area contributed by atoms with Crippen LogP contribution in [0.25, 0.3) is 0 Å². The second-order valence-corrected chi connectivity index (χ2v) is 4.28. The molecule has 0 aliphatic heterocycles. The van der Waals surface area contributed by atoms with Gasteiger partial charge in [0.05, 0.1) is 10.3 Å². The minimum atomic E-state index is -0.432. The summed E-state index contributed by atoms with van der Waals surface area (Å²) in [6, 6.07) is 4.78. The van der Waals surface area contributed by atoms with Crippen LogP contribution in [0.4, 0.5) is 5.69 Å². The molecule has 0 heterocycles. The van der Waals surface area contributed by atoms with Crippen molar-refractivity contribution >= 4 is 43.3 Å². The van der Waals surface area contributed by atoms with Gasteiger partial charge in [0.1, 0.15) is 5.78 Å². The SMILES string of the molecule is O=C(CBr)Cc1cccc([N+](=O)[O-])c1CBr. The molecule has 0 aliphatic carbocycles. The molecule has 1 aromatic carbocycles. The molecule has 0 spiro atoms. The summed E-state index contributed by atoms with van der Waals surface area (Å²) >= 11 is 6.28. The van der Waals surface area contributed by atoms with Crippen LogP contribution in [0.1, 0.15) is 11.1 Å². The molecule has 0 atom stereocenters. The maximum atomic E-state index is 11.3. The van der Waals surface area contributed by atoms with E-state index in [4.69, 9.17) is 0 Å². The van der Waals surface area contributed by atoms with E-state index in [1.807, 2.05) is 0 Å². The van der Waals surface area contributed by atoms with Crippen molar-refractivity contribution in [2.24, 2.45) is 0 Å². The van der Waals surface area contributed by atoms with E-state index in [0.29, 0.717) is 16.5 Å². The van der Waals surface area contributed by atoms with E-state index in [9.17, 15) is 14.9 Å². The molecule has 0 N–H and O–H groups in total. The largest absolute Gasteiger partial charge is 0.298 e. The zero-order chi connectivity index (χ0) is 12.1. The van der Waals surface area contributed by atoms with Crippen molar-refractivity contribution in [3.63, 3.8) is 0 Å². The smallest absolute Gasteiger partial charge is 0.273 e. The van der Waals surface area contributed by atoms with Crippen LogP contribution in [0, 0.1) is 10.1 Å². The van der Waals surface area contributed by atoms with Crippen molar-refractivity contribution in [2.45, 2.75) is 11.8 Å². The highest BCUT2D eigenvalue weighted by molar-refractivity contribution is 9.09. The molecule has 4 nitrogen and oxygen atoms in total.